The molecule has 2 aromatic carbocycles. The van der Waals surface area contributed by atoms with Gasteiger partial charge in [0.15, 0.2) is 0 Å². The predicted molar refractivity (Wildman–Crippen MR) is 198 cm³/mol. The minimum Gasteiger partial charge on any atom is -0.293 e. The van der Waals surface area contributed by atoms with E-state index in [9.17, 15) is 36.0 Å². The average molecular weight is 799 g/mol. The van der Waals surface area contributed by atoms with Gasteiger partial charge in [0.2, 0.25) is 11.8 Å². The molecule has 4 amide bonds. The molecule has 2 aliphatic rings. The summed E-state index contributed by atoms with van der Waals surface area (Å²) in [5.41, 5.74) is 4.39. The number of nitrogens with zero attached hydrogens (tertiary/aromatic N) is 2. The van der Waals surface area contributed by atoms with Gasteiger partial charge in [-0.05, 0) is 49.9 Å². The van der Waals surface area contributed by atoms with Crippen LogP contribution in [0.5, 0.6) is 0 Å². The zero-order valence-electron chi connectivity index (χ0n) is 26.5. The zero-order chi connectivity index (χ0) is 36.3. The smallest absolute Gasteiger partial charge is 0.267 e. The number of thiocarbonyl (C=S) groups is 2. The Bertz CT molecular complexity index is 1740. The van der Waals surface area contributed by atoms with Gasteiger partial charge >= 0.3 is 0 Å². The number of carbonyl (C=O) groups is 4. The van der Waals surface area contributed by atoms with Crippen molar-refractivity contribution in [1.29, 1.82) is 0 Å². The van der Waals surface area contributed by atoms with Gasteiger partial charge in [0.25, 0.3) is 31.9 Å². The molecule has 0 spiro atoms. The van der Waals surface area contributed by atoms with Gasteiger partial charge in [-0.25, -0.2) is 16.8 Å². The molecule has 2 saturated heterocycles. The van der Waals surface area contributed by atoms with Crippen molar-refractivity contribution in [2.75, 3.05) is 13.1 Å². The van der Waals surface area contributed by atoms with Crippen LogP contribution >= 0.6 is 48.0 Å². The molecule has 2 fully saturated rings. The van der Waals surface area contributed by atoms with Crippen molar-refractivity contribution in [3.05, 3.63) is 70.5 Å². The molecule has 2 aromatic rings. The highest BCUT2D eigenvalue weighted by atomic mass is 32.2. The first-order valence-electron chi connectivity index (χ1n) is 15.3. The van der Waals surface area contributed by atoms with Crippen molar-refractivity contribution in [3.63, 3.8) is 0 Å². The van der Waals surface area contributed by atoms with Crippen LogP contribution < -0.4 is 20.5 Å². The Balaban J connectivity index is 1.14. The molecule has 0 unspecified atom stereocenters. The number of thioether (sulfide) groups is 2. The minimum absolute atomic E-state index is 0.0245. The Morgan fingerprint density at radius 1 is 0.580 bits per heavy atom. The molecule has 0 saturated carbocycles. The summed E-state index contributed by atoms with van der Waals surface area (Å²) < 4.78 is 49.5. The third-order valence-electron chi connectivity index (χ3n) is 7.23. The van der Waals surface area contributed by atoms with Crippen LogP contribution in [0, 0.1) is 0 Å². The zero-order valence-corrected chi connectivity index (χ0v) is 31.4. The van der Waals surface area contributed by atoms with Crippen LogP contribution in [0.2, 0.25) is 0 Å². The average Bonchev–Trinajstić information content (AvgIpc) is 3.55. The molecule has 2 heterocycles. The molecule has 0 atom stereocenters. The van der Waals surface area contributed by atoms with E-state index in [1.54, 1.807) is 36.4 Å². The van der Waals surface area contributed by atoms with Crippen molar-refractivity contribution in [1.82, 2.24) is 30.3 Å². The Hall–Kier alpha value is -3.24. The van der Waals surface area contributed by atoms with Crippen molar-refractivity contribution in [3.8, 4) is 0 Å². The fraction of sp³-hybridized carbons (Fsp3) is 0.333. The molecule has 14 nitrogen and oxygen atoms in total. The van der Waals surface area contributed by atoms with E-state index < -0.39 is 31.9 Å². The van der Waals surface area contributed by atoms with Gasteiger partial charge in [0, 0.05) is 25.9 Å². The van der Waals surface area contributed by atoms with Crippen LogP contribution in [-0.2, 0) is 39.2 Å². The van der Waals surface area contributed by atoms with Crippen LogP contribution in [0.1, 0.15) is 51.4 Å². The number of hydrogen-bond acceptors (Lipinski definition) is 12. The molecule has 20 heteroatoms. The van der Waals surface area contributed by atoms with E-state index in [0.29, 0.717) is 47.2 Å². The topological polar surface area (TPSA) is 191 Å². The number of unbranched alkanes of at least 4 members (excludes halogenated alkanes) is 4. The standard InChI is InChI=1S/C30H34N6O8S6/c37-23(31-33-49(41,42)21-13-5-1-6-14-21)17-9-3-11-19-35-27(39)25(47-29(35)45)26-28(40)36(30(46)48-26)20-12-4-10-18-24(38)32-34-50(43,44)22-15-7-2-8-16-22/h1-2,5-8,13-16,33-34H,3-4,9-12,17-20H2,(H,31,37)(H,32,38). The van der Waals surface area contributed by atoms with Crippen LogP contribution in [-0.4, -0.2) is 72.0 Å². The summed E-state index contributed by atoms with van der Waals surface area (Å²) in [7, 11) is -7.75. The fourth-order valence-electron chi connectivity index (χ4n) is 4.61. The first-order chi connectivity index (χ1) is 23.8. The second-order valence-electron chi connectivity index (χ2n) is 10.9. The molecule has 268 valence electrons. The van der Waals surface area contributed by atoms with E-state index in [-0.39, 0.29) is 57.3 Å². The van der Waals surface area contributed by atoms with E-state index in [4.69, 9.17) is 24.4 Å². The second-order valence-corrected chi connectivity index (χ2v) is 17.5. The van der Waals surface area contributed by atoms with Gasteiger partial charge in [0.1, 0.15) is 8.64 Å². The molecule has 50 heavy (non-hydrogen) atoms. The molecular formula is C30H34N6O8S6. The van der Waals surface area contributed by atoms with Crippen LogP contribution in [0.25, 0.3) is 0 Å². The van der Waals surface area contributed by atoms with E-state index in [1.807, 2.05) is 0 Å². The van der Waals surface area contributed by atoms with Gasteiger partial charge in [-0.3, -0.25) is 39.8 Å². The van der Waals surface area contributed by atoms with Gasteiger partial charge in [0.05, 0.1) is 19.6 Å². The third-order valence-corrected chi connectivity index (χ3v) is 12.8. The lowest BCUT2D eigenvalue weighted by Crippen LogP contribution is -2.41. The van der Waals surface area contributed by atoms with Gasteiger partial charge in [-0.2, -0.15) is 0 Å². The monoisotopic (exact) mass is 798 g/mol. The second kappa shape index (κ2) is 18.3. The summed E-state index contributed by atoms with van der Waals surface area (Å²) in [6.45, 7) is 0.579. The Labute approximate surface area is 309 Å². The first-order valence-corrected chi connectivity index (χ1v) is 20.7. The third kappa shape index (κ3) is 10.9. The number of hydrazine groups is 2. The number of sulfonamides is 2. The van der Waals surface area contributed by atoms with Gasteiger partial charge < -0.3 is 0 Å². The summed E-state index contributed by atoms with van der Waals surface area (Å²) in [4.78, 5) is 58.1. The number of carbonyl (C=O) groups excluding carboxylic acids is 4. The molecule has 4 N–H and O–H groups in total. The molecule has 4 rings (SSSR count). The fourth-order valence-corrected chi connectivity index (χ4v) is 9.14. The number of hydrogen-bond donors (Lipinski definition) is 4. The maximum absolute atomic E-state index is 13.2. The summed E-state index contributed by atoms with van der Waals surface area (Å²) in [6.07, 6.45) is 3.23. The molecule has 0 aromatic heterocycles. The van der Waals surface area contributed by atoms with E-state index in [0.717, 1.165) is 23.5 Å². The largest absolute Gasteiger partial charge is 0.293 e. The highest BCUT2D eigenvalue weighted by Crippen LogP contribution is 2.42. The first kappa shape index (κ1) is 39.5. The van der Waals surface area contributed by atoms with E-state index in [2.05, 4.69) is 20.5 Å². The summed E-state index contributed by atoms with van der Waals surface area (Å²) in [6, 6.07) is 15.3. The summed E-state index contributed by atoms with van der Waals surface area (Å²) in [5.74, 6) is -1.76. The maximum atomic E-state index is 13.2. The van der Waals surface area contributed by atoms with Gasteiger partial charge in [-0.1, -0.05) is 97.2 Å². The van der Waals surface area contributed by atoms with Crippen LogP contribution in [0.15, 0.2) is 80.3 Å². The Kier molecular flexibility index (Phi) is 14.5. The Morgan fingerprint density at radius 2 is 0.940 bits per heavy atom. The molecule has 2 aliphatic heterocycles. The molecule has 0 aliphatic carbocycles. The maximum Gasteiger partial charge on any atom is 0.267 e. The number of benzene rings is 2. The lowest BCUT2D eigenvalue weighted by molar-refractivity contribution is -0.124. The van der Waals surface area contributed by atoms with Crippen LogP contribution in [0.4, 0.5) is 0 Å². The van der Waals surface area contributed by atoms with Crippen molar-refractivity contribution in [2.45, 2.75) is 61.2 Å². The number of rotatable bonds is 18. The van der Waals surface area contributed by atoms with E-state index in [1.165, 1.54) is 34.1 Å². The van der Waals surface area contributed by atoms with Crippen LogP contribution in [0.3, 0.4) is 0 Å². The quantitative estimate of drug-likeness (QED) is 0.0748. The number of amides is 4. The highest BCUT2D eigenvalue weighted by molar-refractivity contribution is 8.29. The highest BCUT2D eigenvalue weighted by Gasteiger charge is 2.41. The number of nitrogens with one attached hydrogen (secondary N) is 4. The lowest BCUT2D eigenvalue weighted by atomic mass is 10.2. The molecule has 0 bridgehead atoms. The summed E-state index contributed by atoms with van der Waals surface area (Å²) in [5, 5.41) is 0. The van der Waals surface area contributed by atoms with Crippen molar-refractivity contribution < 1.29 is 36.0 Å². The lowest BCUT2D eigenvalue weighted by Gasteiger charge is -2.14. The Morgan fingerprint density at radius 3 is 1.30 bits per heavy atom. The summed E-state index contributed by atoms with van der Waals surface area (Å²) >= 11 is 12.9. The normalized spacial score (nSPS) is 16.7. The molecular weight excluding hydrogens is 765 g/mol. The SMILES string of the molecule is O=C(CCCCCN1C(=O)C(=C2SC(=S)N(CCCCCC(=O)NNS(=O)(=O)c3ccccc3)C2=O)SC1=S)NNS(=O)(=O)c1ccccc1. The van der Waals surface area contributed by atoms with Gasteiger partial charge in [-0.15, -0.1) is 9.66 Å². The van der Waals surface area contributed by atoms with E-state index >= 15 is 0 Å². The minimum atomic E-state index is -3.87. The van der Waals surface area contributed by atoms with Crippen molar-refractivity contribution >= 4 is 100 Å². The predicted octanol–water partition coefficient (Wildman–Crippen LogP) is 3.06. The van der Waals surface area contributed by atoms with Crippen molar-refractivity contribution in [2.24, 2.45) is 0 Å². The molecule has 0 radical (unpaired) electrons.